The van der Waals surface area contributed by atoms with Crippen LogP contribution in [0.1, 0.15) is 21.6 Å². The number of carbonyl (C=O) groups is 1. The van der Waals surface area contributed by atoms with E-state index in [9.17, 15) is 13.2 Å². The number of carbonyl (C=O) groups excluding carboxylic acids is 1. The number of aromatic amines is 1. The van der Waals surface area contributed by atoms with E-state index in [1.807, 2.05) is 37.3 Å². The minimum absolute atomic E-state index is 0.110. The summed E-state index contributed by atoms with van der Waals surface area (Å²) in [5.74, 6) is -0.343. The second-order valence-electron chi connectivity index (χ2n) is 7.18. The van der Waals surface area contributed by atoms with Gasteiger partial charge in [-0.3, -0.25) is 9.52 Å². The largest absolute Gasteiger partial charge is 0.351 e. The molecular weight excluding hydrogens is 398 g/mol. The van der Waals surface area contributed by atoms with Gasteiger partial charge in [-0.25, -0.2) is 8.42 Å². The lowest BCUT2D eigenvalue weighted by atomic mass is 10.2. The lowest BCUT2D eigenvalue weighted by Crippen LogP contribution is -2.16. The number of nitrogens with one attached hydrogen (secondary N) is 3. The van der Waals surface area contributed by atoms with Crippen molar-refractivity contribution in [3.63, 3.8) is 0 Å². The molecule has 4 aromatic rings. The summed E-state index contributed by atoms with van der Waals surface area (Å²) in [7, 11) is -3.81. The number of anilines is 2. The predicted molar refractivity (Wildman–Crippen MR) is 119 cm³/mol. The molecule has 1 aromatic heterocycles. The molecule has 7 heteroatoms. The summed E-state index contributed by atoms with van der Waals surface area (Å²) in [5, 5.41) is 3.70. The summed E-state index contributed by atoms with van der Waals surface area (Å²) in [6, 6.07) is 21.3. The Kier molecular flexibility index (Phi) is 5.05. The van der Waals surface area contributed by atoms with Crippen molar-refractivity contribution in [3.05, 3.63) is 89.6 Å². The molecule has 1 amide bonds. The number of para-hydroxylation sites is 1. The number of fused-ring (bicyclic) bond motifs is 1. The van der Waals surface area contributed by atoms with Crippen LogP contribution in [0.3, 0.4) is 0 Å². The Morgan fingerprint density at radius 2 is 1.67 bits per heavy atom. The van der Waals surface area contributed by atoms with Gasteiger partial charge in [0.25, 0.3) is 15.9 Å². The summed E-state index contributed by atoms with van der Waals surface area (Å²) in [4.78, 5) is 15.8. The van der Waals surface area contributed by atoms with Gasteiger partial charge in [-0.1, -0.05) is 36.4 Å². The molecule has 0 aliphatic heterocycles. The summed E-state index contributed by atoms with van der Waals surface area (Å²) >= 11 is 0. The third kappa shape index (κ3) is 4.06. The van der Waals surface area contributed by atoms with Crippen LogP contribution < -0.4 is 10.0 Å². The van der Waals surface area contributed by atoms with Crippen molar-refractivity contribution in [2.45, 2.75) is 18.7 Å². The first-order valence-electron chi connectivity index (χ1n) is 9.41. The molecule has 4 rings (SSSR count). The number of aromatic nitrogens is 1. The third-order valence-corrected chi connectivity index (χ3v) is 6.30. The summed E-state index contributed by atoms with van der Waals surface area (Å²) in [6.07, 6.45) is 0. The number of hydrogen-bond acceptors (Lipinski definition) is 3. The van der Waals surface area contributed by atoms with E-state index in [-0.39, 0.29) is 10.8 Å². The Morgan fingerprint density at radius 1 is 0.867 bits per heavy atom. The maximum Gasteiger partial charge on any atom is 0.272 e. The topological polar surface area (TPSA) is 91.1 Å². The van der Waals surface area contributed by atoms with Crippen molar-refractivity contribution in [3.8, 4) is 0 Å². The normalized spacial score (nSPS) is 11.4. The Balaban J connectivity index is 1.60. The predicted octanol–water partition coefficient (Wildman–Crippen LogP) is 4.84. The van der Waals surface area contributed by atoms with Crippen LogP contribution in [-0.2, 0) is 10.0 Å². The maximum absolute atomic E-state index is 12.9. The Bertz CT molecular complexity index is 1320. The smallest absolute Gasteiger partial charge is 0.272 e. The molecule has 0 radical (unpaired) electrons. The van der Waals surface area contributed by atoms with Gasteiger partial charge >= 0.3 is 0 Å². The van der Waals surface area contributed by atoms with Gasteiger partial charge in [0, 0.05) is 22.3 Å². The summed E-state index contributed by atoms with van der Waals surface area (Å²) < 4.78 is 28.5. The molecule has 0 saturated heterocycles. The fraction of sp³-hybridized carbons (Fsp3) is 0.0870. The molecule has 0 aliphatic rings. The number of sulfonamides is 1. The molecule has 0 saturated carbocycles. The van der Waals surface area contributed by atoms with Gasteiger partial charge in [0.1, 0.15) is 5.69 Å². The van der Waals surface area contributed by atoms with Gasteiger partial charge in [0.2, 0.25) is 0 Å². The average Bonchev–Trinajstić information content (AvgIpc) is 3.13. The molecule has 30 heavy (non-hydrogen) atoms. The van der Waals surface area contributed by atoms with Crippen LogP contribution >= 0.6 is 0 Å². The van der Waals surface area contributed by atoms with Gasteiger partial charge in [0.15, 0.2) is 0 Å². The van der Waals surface area contributed by atoms with E-state index >= 15 is 0 Å². The zero-order valence-corrected chi connectivity index (χ0v) is 17.4. The van der Waals surface area contributed by atoms with E-state index in [0.717, 1.165) is 16.5 Å². The van der Waals surface area contributed by atoms with Gasteiger partial charge in [-0.15, -0.1) is 0 Å². The highest BCUT2D eigenvalue weighted by atomic mass is 32.2. The standard InChI is InChI=1S/C23H21N3O3S/c1-15-6-5-8-19(12-15)26-30(28,29)22-14-18(11-10-16(22)2)24-23(27)21-13-17-7-3-4-9-20(17)25-21/h3-14,25-26H,1-2H3,(H,24,27). The first-order valence-corrected chi connectivity index (χ1v) is 10.9. The van der Waals surface area contributed by atoms with Crippen LogP contribution in [0.5, 0.6) is 0 Å². The van der Waals surface area contributed by atoms with E-state index < -0.39 is 10.0 Å². The number of amides is 1. The van der Waals surface area contributed by atoms with Crippen LogP contribution in [0.2, 0.25) is 0 Å². The fourth-order valence-corrected chi connectivity index (χ4v) is 4.60. The molecule has 0 unspecified atom stereocenters. The number of aryl methyl sites for hydroxylation is 2. The second-order valence-corrected chi connectivity index (χ2v) is 8.83. The van der Waals surface area contributed by atoms with E-state index in [0.29, 0.717) is 22.6 Å². The van der Waals surface area contributed by atoms with E-state index in [1.165, 1.54) is 6.07 Å². The molecule has 1 heterocycles. The van der Waals surface area contributed by atoms with Crippen molar-refractivity contribution in [1.29, 1.82) is 0 Å². The minimum atomic E-state index is -3.81. The number of H-pyrrole nitrogens is 1. The molecule has 0 atom stereocenters. The molecular formula is C23H21N3O3S. The number of benzene rings is 3. The third-order valence-electron chi connectivity index (χ3n) is 4.78. The van der Waals surface area contributed by atoms with Gasteiger partial charge in [0.05, 0.1) is 4.90 Å². The Hall–Kier alpha value is -3.58. The lowest BCUT2D eigenvalue weighted by Gasteiger charge is -2.13. The van der Waals surface area contributed by atoms with Crippen molar-refractivity contribution in [2.75, 3.05) is 10.0 Å². The number of rotatable bonds is 5. The van der Waals surface area contributed by atoms with Crippen LogP contribution in [0.15, 0.2) is 77.7 Å². The molecule has 0 spiro atoms. The van der Waals surface area contributed by atoms with E-state index in [1.54, 1.807) is 43.3 Å². The maximum atomic E-state index is 12.9. The van der Waals surface area contributed by atoms with Crippen molar-refractivity contribution in [2.24, 2.45) is 0 Å². The average molecular weight is 420 g/mol. The molecule has 6 nitrogen and oxygen atoms in total. The van der Waals surface area contributed by atoms with Gasteiger partial charge in [-0.2, -0.15) is 0 Å². The minimum Gasteiger partial charge on any atom is -0.351 e. The fourth-order valence-electron chi connectivity index (χ4n) is 3.28. The van der Waals surface area contributed by atoms with Gasteiger partial charge in [-0.05, 0) is 61.4 Å². The Morgan fingerprint density at radius 3 is 2.43 bits per heavy atom. The molecule has 0 aliphatic carbocycles. The van der Waals surface area contributed by atoms with Crippen LogP contribution in [0.25, 0.3) is 10.9 Å². The molecule has 0 bridgehead atoms. The first kappa shape index (κ1) is 19.7. The summed E-state index contributed by atoms with van der Waals surface area (Å²) in [6.45, 7) is 3.61. The van der Waals surface area contributed by atoms with E-state index in [2.05, 4.69) is 15.0 Å². The van der Waals surface area contributed by atoms with Crippen LogP contribution in [0.4, 0.5) is 11.4 Å². The quantitative estimate of drug-likeness (QED) is 0.432. The first-order chi connectivity index (χ1) is 14.3. The number of hydrogen-bond donors (Lipinski definition) is 3. The van der Waals surface area contributed by atoms with Crippen molar-refractivity contribution in [1.82, 2.24) is 4.98 Å². The highest BCUT2D eigenvalue weighted by Gasteiger charge is 2.19. The summed E-state index contributed by atoms with van der Waals surface area (Å²) in [5.41, 5.74) is 3.68. The molecule has 152 valence electrons. The molecule has 0 fully saturated rings. The van der Waals surface area contributed by atoms with Crippen LogP contribution in [0, 0.1) is 13.8 Å². The van der Waals surface area contributed by atoms with Crippen molar-refractivity contribution >= 4 is 38.2 Å². The van der Waals surface area contributed by atoms with Crippen LogP contribution in [-0.4, -0.2) is 19.3 Å². The highest BCUT2D eigenvalue weighted by Crippen LogP contribution is 2.24. The second kappa shape index (κ2) is 7.68. The molecule has 3 aromatic carbocycles. The zero-order valence-electron chi connectivity index (χ0n) is 16.6. The SMILES string of the molecule is Cc1cccc(NS(=O)(=O)c2cc(NC(=O)c3cc4ccccc4[nH]3)ccc2C)c1. The highest BCUT2D eigenvalue weighted by molar-refractivity contribution is 7.92. The van der Waals surface area contributed by atoms with Gasteiger partial charge < -0.3 is 10.3 Å². The van der Waals surface area contributed by atoms with E-state index in [4.69, 9.17) is 0 Å². The van der Waals surface area contributed by atoms with Crippen molar-refractivity contribution < 1.29 is 13.2 Å². The zero-order chi connectivity index (χ0) is 21.3. The molecule has 3 N–H and O–H groups in total. The lowest BCUT2D eigenvalue weighted by molar-refractivity contribution is 0.102. The monoisotopic (exact) mass is 419 g/mol. The Labute approximate surface area is 175 Å².